The number of rotatable bonds is 6. The van der Waals surface area contributed by atoms with E-state index in [-0.39, 0.29) is 12.5 Å². The van der Waals surface area contributed by atoms with Gasteiger partial charge in [0, 0.05) is 6.54 Å². The average Bonchev–Trinajstić information content (AvgIpc) is 2.65. The molecule has 3 nitrogen and oxygen atoms in total. The summed E-state index contributed by atoms with van der Waals surface area (Å²) in [5.41, 5.74) is 3.89. The lowest BCUT2D eigenvalue weighted by Gasteiger charge is -2.19. The van der Waals surface area contributed by atoms with Crippen LogP contribution in [0.5, 0.6) is 5.75 Å². The van der Waals surface area contributed by atoms with E-state index in [1.807, 2.05) is 30.3 Å². The van der Waals surface area contributed by atoms with E-state index in [1.54, 1.807) is 0 Å². The molecule has 0 aromatic heterocycles. The van der Waals surface area contributed by atoms with Gasteiger partial charge in [0.25, 0.3) is 5.91 Å². The Labute approximate surface area is 144 Å². The van der Waals surface area contributed by atoms with E-state index < -0.39 is 0 Å². The molecule has 0 fully saturated rings. The maximum atomic E-state index is 12.1. The fourth-order valence-electron chi connectivity index (χ4n) is 3.24. The molecule has 0 radical (unpaired) electrons. The molecule has 1 atom stereocenters. The van der Waals surface area contributed by atoms with Crippen LogP contribution in [0.3, 0.4) is 0 Å². The summed E-state index contributed by atoms with van der Waals surface area (Å²) in [6, 6.07) is 16.4. The van der Waals surface area contributed by atoms with E-state index >= 15 is 0 Å². The summed E-state index contributed by atoms with van der Waals surface area (Å²) in [5.74, 6) is 1.10. The number of carbonyl (C=O) groups is 1. The topological polar surface area (TPSA) is 38.3 Å². The van der Waals surface area contributed by atoms with E-state index in [2.05, 4.69) is 30.4 Å². The van der Waals surface area contributed by atoms with Gasteiger partial charge < -0.3 is 10.1 Å². The van der Waals surface area contributed by atoms with Crippen molar-refractivity contribution in [3.63, 3.8) is 0 Å². The first-order valence-electron chi connectivity index (χ1n) is 8.79. The van der Waals surface area contributed by atoms with E-state index in [4.69, 9.17) is 4.74 Å². The highest BCUT2D eigenvalue weighted by Gasteiger charge is 2.15. The zero-order chi connectivity index (χ0) is 16.8. The number of hydrogen-bond acceptors (Lipinski definition) is 2. The lowest BCUT2D eigenvalue weighted by molar-refractivity contribution is -0.123. The van der Waals surface area contributed by atoms with Gasteiger partial charge in [0.05, 0.1) is 0 Å². The number of ether oxygens (including phenoxy) is 1. The molecule has 0 unspecified atom stereocenters. The molecule has 24 heavy (non-hydrogen) atoms. The second-order valence-electron chi connectivity index (χ2n) is 6.51. The molecule has 126 valence electrons. The summed E-state index contributed by atoms with van der Waals surface area (Å²) >= 11 is 0. The maximum absolute atomic E-state index is 12.1. The first-order valence-corrected chi connectivity index (χ1v) is 8.79. The maximum Gasteiger partial charge on any atom is 0.257 e. The van der Waals surface area contributed by atoms with Crippen molar-refractivity contribution < 1.29 is 9.53 Å². The first-order chi connectivity index (χ1) is 11.7. The van der Waals surface area contributed by atoms with Gasteiger partial charge in [-0.05, 0) is 54.4 Å². The van der Waals surface area contributed by atoms with Gasteiger partial charge in [-0.2, -0.15) is 0 Å². The van der Waals surface area contributed by atoms with Gasteiger partial charge in [-0.3, -0.25) is 4.79 Å². The molecule has 0 heterocycles. The number of fused-ring (bicyclic) bond motifs is 1. The quantitative estimate of drug-likeness (QED) is 0.876. The highest BCUT2D eigenvalue weighted by molar-refractivity contribution is 5.77. The third kappa shape index (κ3) is 4.16. The van der Waals surface area contributed by atoms with Gasteiger partial charge in [0.15, 0.2) is 6.61 Å². The minimum absolute atomic E-state index is 0.0637. The molecule has 0 aliphatic heterocycles. The Morgan fingerprint density at radius 2 is 1.88 bits per heavy atom. The Bertz CT molecular complexity index is 681. The molecule has 0 saturated heterocycles. The van der Waals surface area contributed by atoms with Crippen molar-refractivity contribution in [1.82, 2.24) is 5.32 Å². The number of carbonyl (C=O) groups excluding carboxylic acids is 1. The largest absolute Gasteiger partial charge is 0.483 e. The Hall–Kier alpha value is -2.29. The lowest BCUT2D eigenvalue weighted by atomic mass is 9.91. The van der Waals surface area contributed by atoms with Gasteiger partial charge in [0.2, 0.25) is 0 Å². The van der Waals surface area contributed by atoms with Crippen molar-refractivity contribution in [2.75, 3.05) is 13.2 Å². The van der Waals surface area contributed by atoms with E-state index in [9.17, 15) is 4.79 Å². The van der Waals surface area contributed by atoms with Crippen molar-refractivity contribution in [1.29, 1.82) is 0 Å². The van der Waals surface area contributed by atoms with Crippen LogP contribution in [-0.4, -0.2) is 19.1 Å². The van der Waals surface area contributed by atoms with Gasteiger partial charge in [-0.25, -0.2) is 0 Å². The minimum atomic E-state index is -0.0637. The Morgan fingerprint density at radius 1 is 1.08 bits per heavy atom. The van der Waals surface area contributed by atoms with Crippen LogP contribution >= 0.6 is 0 Å². The Morgan fingerprint density at radius 3 is 2.71 bits per heavy atom. The summed E-state index contributed by atoms with van der Waals surface area (Å²) in [6.07, 6.45) is 4.62. The average molecular weight is 323 g/mol. The molecule has 3 rings (SSSR count). The molecule has 1 N–H and O–H groups in total. The van der Waals surface area contributed by atoms with E-state index in [0.29, 0.717) is 12.5 Å². The summed E-state index contributed by atoms with van der Waals surface area (Å²) < 4.78 is 5.79. The normalized spacial score (nSPS) is 14.5. The van der Waals surface area contributed by atoms with Gasteiger partial charge >= 0.3 is 0 Å². The molecule has 1 aliphatic carbocycles. The standard InChI is InChI=1S/C21H25NO2/c1-16(17-8-3-2-4-9-17)14-22-21(23)15-24-20-13-7-11-18-10-5-6-12-19(18)20/h2-4,7-9,11,13,16H,5-6,10,12,14-15H2,1H3,(H,22,23)/t16-/m1/s1. The zero-order valence-electron chi connectivity index (χ0n) is 14.3. The van der Waals surface area contributed by atoms with Crippen molar-refractivity contribution in [2.24, 2.45) is 0 Å². The number of nitrogens with one attached hydrogen (secondary N) is 1. The highest BCUT2D eigenvalue weighted by Crippen LogP contribution is 2.29. The molecule has 0 bridgehead atoms. The van der Waals surface area contributed by atoms with Gasteiger partial charge in [-0.1, -0.05) is 49.4 Å². The van der Waals surface area contributed by atoms with Crippen LogP contribution in [0.2, 0.25) is 0 Å². The minimum Gasteiger partial charge on any atom is -0.483 e. The molecule has 0 spiro atoms. The van der Waals surface area contributed by atoms with Crippen LogP contribution in [-0.2, 0) is 17.6 Å². The second-order valence-corrected chi connectivity index (χ2v) is 6.51. The molecule has 2 aromatic carbocycles. The summed E-state index contributed by atoms with van der Waals surface area (Å²) in [6.45, 7) is 2.82. The Balaban J connectivity index is 1.50. The van der Waals surface area contributed by atoms with E-state index in [0.717, 1.165) is 18.6 Å². The number of aryl methyl sites for hydroxylation is 1. The summed E-state index contributed by atoms with van der Waals surface area (Å²) in [5, 5.41) is 2.97. The van der Waals surface area contributed by atoms with Gasteiger partial charge in [-0.15, -0.1) is 0 Å². The zero-order valence-corrected chi connectivity index (χ0v) is 14.3. The van der Waals surface area contributed by atoms with Crippen molar-refractivity contribution >= 4 is 5.91 Å². The molecular weight excluding hydrogens is 298 g/mol. The first kappa shape index (κ1) is 16.6. The summed E-state index contributed by atoms with van der Waals surface area (Å²) in [7, 11) is 0. The van der Waals surface area contributed by atoms with Crippen molar-refractivity contribution in [2.45, 2.75) is 38.5 Å². The third-order valence-corrected chi connectivity index (χ3v) is 4.69. The predicted octanol–water partition coefficient (Wildman–Crippen LogP) is 3.86. The highest BCUT2D eigenvalue weighted by atomic mass is 16.5. The molecular formula is C21H25NO2. The monoisotopic (exact) mass is 323 g/mol. The lowest BCUT2D eigenvalue weighted by Crippen LogP contribution is -2.32. The third-order valence-electron chi connectivity index (χ3n) is 4.69. The predicted molar refractivity (Wildman–Crippen MR) is 96.4 cm³/mol. The van der Waals surface area contributed by atoms with Crippen LogP contribution < -0.4 is 10.1 Å². The van der Waals surface area contributed by atoms with Crippen LogP contribution in [0.15, 0.2) is 48.5 Å². The fraction of sp³-hybridized carbons (Fsp3) is 0.381. The Kier molecular flexibility index (Phi) is 5.52. The molecule has 1 aliphatic rings. The fourth-order valence-corrected chi connectivity index (χ4v) is 3.24. The van der Waals surface area contributed by atoms with Crippen LogP contribution in [0, 0.1) is 0 Å². The molecule has 0 saturated carbocycles. The van der Waals surface area contributed by atoms with Crippen LogP contribution in [0.25, 0.3) is 0 Å². The molecule has 2 aromatic rings. The number of benzene rings is 2. The van der Waals surface area contributed by atoms with Crippen molar-refractivity contribution in [3.8, 4) is 5.75 Å². The second kappa shape index (κ2) is 8.00. The molecule has 3 heteroatoms. The summed E-state index contributed by atoms with van der Waals surface area (Å²) in [4.78, 5) is 12.1. The number of amides is 1. The van der Waals surface area contributed by atoms with Crippen LogP contribution in [0.1, 0.15) is 42.4 Å². The smallest absolute Gasteiger partial charge is 0.257 e. The van der Waals surface area contributed by atoms with Gasteiger partial charge in [0.1, 0.15) is 5.75 Å². The number of hydrogen-bond donors (Lipinski definition) is 1. The SMILES string of the molecule is C[C@H](CNC(=O)COc1cccc2c1CCCC2)c1ccccc1. The molecule has 1 amide bonds. The van der Waals surface area contributed by atoms with Crippen LogP contribution in [0.4, 0.5) is 0 Å². The van der Waals surface area contributed by atoms with Crippen molar-refractivity contribution in [3.05, 3.63) is 65.2 Å². The van der Waals surface area contributed by atoms with E-state index in [1.165, 1.54) is 29.5 Å².